The summed E-state index contributed by atoms with van der Waals surface area (Å²) in [4.78, 5) is 0. The molecule has 2 aromatic carbocycles. The van der Waals surface area contributed by atoms with Crippen molar-refractivity contribution in [1.82, 2.24) is 0 Å². The van der Waals surface area contributed by atoms with Crippen molar-refractivity contribution < 1.29 is 4.42 Å². The Morgan fingerprint density at radius 2 is 1.50 bits per heavy atom. The molecule has 0 bridgehead atoms. The molecule has 3 aromatic rings. The lowest BCUT2D eigenvalue weighted by Gasteiger charge is -1.90. The maximum Gasteiger partial charge on any atom is 0.135 e. The van der Waals surface area contributed by atoms with Crippen LogP contribution in [-0.2, 0) is 0 Å². The first kappa shape index (κ1) is 10.7. The Morgan fingerprint density at radius 1 is 0.812 bits per heavy atom. The molecule has 0 radical (unpaired) electrons. The van der Waals surface area contributed by atoms with Gasteiger partial charge in [0.1, 0.15) is 11.2 Å². The van der Waals surface area contributed by atoms with Gasteiger partial charge in [-0.15, -0.1) is 0 Å². The first-order valence-corrected chi connectivity index (χ1v) is 5.72. The molecule has 1 heterocycles. The summed E-state index contributed by atoms with van der Waals surface area (Å²) in [7, 11) is 0. The van der Waals surface area contributed by atoms with Crippen LogP contribution in [0.25, 0.3) is 21.9 Å². The molecule has 1 aromatic heterocycles. The lowest BCUT2D eigenvalue weighted by atomic mass is 10.1. The normalized spacial score (nSPS) is 10.2. The van der Waals surface area contributed by atoms with Crippen molar-refractivity contribution in [3.63, 3.8) is 0 Å². The molecule has 82 valence electrons. The van der Waals surface area contributed by atoms with E-state index in [0.717, 1.165) is 11.2 Å². The number of rotatable bonds is 0. The van der Waals surface area contributed by atoms with Gasteiger partial charge in [0, 0.05) is 10.8 Å². The van der Waals surface area contributed by atoms with E-state index in [1.807, 2.05) is 38.1 Å². The highest BCUT2D eigenvalue weighted by Gasteiger charge is 2.04. The molecule has 1 heteroatoms. The summed E-state index contributed by atoms with van der Waals surface area (Å²) in [5.41, 5.74) is 3.20. The van der Waals surface area contributed by atoms with Crippen LogP contribution in [0.5, 0.6) is 0 Å². The van der Waals surface area contributed by atoms with Crippen LogP contribution in [0.1, 0.15) is 19.4 Å². The summed E-state index contributed by atoms with van der Waals surface area (Å²) in [5, 5.41) is 2.41. The molecule has 0 aliphatic carbocycles. The van der Waals surface area contributed by atoms with Crippen LogP contribution >= 0.6 is 0 Å². The minimum absolute atomic E-state index is 0.966. The zero-order chi connectivity index (χ0) is 11.5. The van der Waals surface area contributed by atoms with Crippen molar-refractivity contribution in [2.45, 2.75) is 20.8 Å². The largest absolute Gasteiger partial charge is 0.456 e. The van der Waals surface area contributed by atoms with Crippen molar-refractivity contribution in [3.05, 3.63) is 48.0 Å². The molecule has 1 nitrogen and oxygen atoms in total. The molecule has 0 aliphatic heterocycles. The second-order valence-corrected chi connectivity index (χ2v) is 3.60. The third kappa shape index (κ3) is 1.69. The maximum atomic E-state index is 5.71. The van der Waals surface area contributed by atoms with Crippen molar-refractivity contribution in [3.8, 4) is 0 Å². The number of para-hydroxylation sites is 1. The van der Waals surface area contributed by atoms with Crippen LogP contribution in [0, 0.1) is 6.92 Å². The van der Waals surface area contributed by atoms with E-state index in [-0.39, 0.29) is 0 Å². The SMILES string of the molecule is CC.Cc1ccc2oc3ccccc3c2c1. The molecule has 0 unspecified atom stereocenters. The average Bonchev–Trinajstić information content (AvgIpc) is 2.70. The number of benzene rings is 2. The summed E-state index contributed by atoms with van der Waals surface area (Å²) in [5.74, 6) is 0. The highest BCUT2D eigenvalue weighted by atomic mass is 16.3. The van der Waals surface area contributed by atoms with Gasteiger partial charge in [-0.2, -0.15) is 0 Å². The van der Waals surface area contributed by atoms with Crippen LogP contribution in [-0.4, -0.2) is 0 Å². The summed E-state index contributed by atoms with van der Waals surface area (Å²) >= 11 is 0. The Balaban J connectivity index is 0.000000457. The number of aryl methyl sites for hydroxylation is 1. The number of hydrogen-bond acceptors (Lipinski definition) is 1. The monoisotopic (exact) mass is 212 g/mol. The number of fused-ring (bicyclic) bond motifs is 3. The van der Waals surface area contributed by atoms with Gasteiger partial charge in [0.2, 0.25) is 0 Å². The zero-order valence-corrected chi connectivity index (χ0v) is 9.95. The lowest BCUT2D eigenvalue weighted by Crippen LogP contribution is -1.69. The third-order valence-electron chi connectivity index (χ3n) is 2.53. The predicted molar refractivity (Wildman–Crippen MR) is 69.8 cm³/mol. The minimum Gasteiger partial charge on any atom is -0.456 e. The van der Waals surface area contributed by atoms with Crippen molar-refractivity contribution in [2.24, 2.45) is 0 Å². The van der Waals surface area contributed by atoms with Crippen LogP contribution in [0.2, 0.25) is 0 Å². The maximum absolute atomic E-state index is 5.71. The smallest absolute Gasteiger partial charge is 0.135 e. The molecule has 0 atom stereocenters. The van der Waals surface area contributed by atoms with Gasteiger partial charge in [-0.1, -0.05) is 43.7 Å². The standard InChI is InChI=1S/C13H10O.C2H6/c1-9-6-7-13-11(8-9)10-4-2-3-5-12(10)14-13;1-2/h2-8H,1H3;1-2H3. The minimum atomic E-state index is 0.966. The summed E-state index contributed by atoms with van der Waals surface area (Å²) in [6.45, 7) is 6.10. The highest BCUT2D eigenvalue weighted by molar-refractivity contribution is 6.04. The van der Waals surface area contributed by atoms with Gasteiger partial charge in [0.25, 0.3) is 0 Å². The predicted octanol–water partition coefficient (Wildman–Crippen LogP) is 4.92. The molecule has 0 saturated carbocycles. The topological polar surface area (TPSA) is 13.1 Å². The number of hydrogen-bond donors (Lipinski definition) is 0. The molecule has 0 saturated heterocycles. The van der Waals surface area contributed by atoms with E-state index in [2.05, 4.69) is 25.1 Å². The van der Waals surface area contributed by atoms with E-state index < -0.39 is 0 Å². The average molecular weight is 212 g/mol. The fourth-order valence-corrected chi connectivity index (χ4v) is 1.84. The first-order chi connectivity index (χ1) is 7.84. The Bertz CT molecular complexity index is 605. The molecule has 0 spiro atoms. The van der Waals surface area contributed by atoms with Crippen LogP contribution in [0.4, 0.5) is 0 Å². The van der Waals surface area contributed by atoms with E-state index >= 15 is 0 Å². The van der Waals surface area contributed by atoms with E-state index in [4.69, 9.17) is 4.42 Å². The quantitative estimate of drug-likeness (QED) is 0.515. The second kappa shape index (κ2) is 4.40. The van der Waals surface area contributed by atoms with Gasteiger partial charge in [-0.05, 0) is 25.1 Å². The van der Waals surface area contributed by atoms with Crippen molar-refractivity contribution in [2.75, 3.05) is 0 Å². The molecular weight excluding hydrogens is 196 g/mol. The van der Waals surface area contributed by atoms with Gasteiger partial charge in [0.15, 0.2) is 0 Å². The molecule has 16 heavy (non-hydrogen) atoms. The third-order valence-corrected chi connectivity index (χ3v) is 2.53. The molecule has 0 fully saturated rings. The lowest BCUT2D eigenvalue weighted by molar-refractivity contribution is 0.669. The van der Waals surface area contributed by atoms with Gasteiger partial charge >= 0.3 is 0 Å². The summed E-state index contributed by atoms with van der Waals surface area (Å²) < 4.78 is 5.71. The fourth-order valence-electron chi connectivity index (χ4n) is 1.84. The van der Waals surface area contributed by atoms with Gasteiger partial charge in [0.05, 0.1) is 0 Å². The molecule has 0 aliphatic rings. The summed E-state index contributed by atoms with van der Waals surface area (Å²) in [6, 6.07) is 14.4. The van der Waals surface area contributed by atoms with Gasteiger partial charge in [-0.3, -0.25) is 0 Å². The second-order valence-electron chi connectivity index (χ2n) is 3.60. The molecular formula is C15H16O. The highest BCUT2D eigenvalue weighted by Crippen LogP contribution is 2.28. The molecule has 3 rings (SSSR count). The Kier molecular flexibility index (Phi) is 2.95. The van der Waals surface area contributed by atoms with E-state index in [9.17, 15) is 0 Å². The number of furan rings is 1. The first-order valence-electron chi connectivity index (χ1n) is 5.72. The van der Waals surface area contributed by atoms with E-state index in [0.29, 0.717) is 0 Å². The molecule has 0 N–H and O–H groups in total. The van der Waals surface area contributed by atoms with Crippen molar-refractivity contribution >= 4 is 21.9 Å². The Morgan fingerprint density at radius 3 is 2.31 bits per heavy atom. The molecule has 0 amide bonds. The van der Waals surface area contributed by atoms with Gasteiger partial charge in [-0.25, -0.2) is 0 Å². The van der Waals surface area contributed by atoms with Crippen LogP contribution in [0.3, 0.4) is 0 Å². The zero-order valence-electron chi connectivity index (χ0n) is 9.95. The van der Waals surface area contributed by atoms with E-state index in [1.54, 1.807) is 0 Å². The Labute approximate surface area is 95.7 Å². The van der Waals surface area contributed by atoms with Crippen LogP contribution < -0.4 is 0 Å². The van der Waals surface area contributed by atoms with Crippen LogP contribution in [0.15, 0.2) is 46.9 Å². The fraction of sp³-hybridized carbons (Fsp3) is 0.200. The van der Waals surface area contributed by atoms with E-state index in [1.165, 1.54) is 16.3 Å². The summed E-state index contributed by atoms with van der Waals surface area (Å²) in [6.07, 6.45) is 0. The van der Waals surface area contributed by atoms with Crippen molar-refractivity contribution in [1.29, 1.82) is 0 Å². The Hall–Kier alpha value is -1.76. The van der Waals surface area contributed by atoms with Gasteiger partial charge < -0.3 is 4.42 Å².